The number of nitrogens with two attached hydrogens (primary N) is 1. The van der Waals surface area contributed by atoms with Gasteiger partial charge < -0.3 is 10.5 Å². The van der Waals surface area contributed by atoms with Crippen LogP contribution in [0.1, 0.15) is 19.5 Å². The summed E-state index contributed by atoms with van der Waals surface area (Å²) in [5.41, 5.74) is 6.05. The van der Waals surface area contributed by atoms with Crippen LogP contribution in [0.2, 0.25) is 0 Å². The number of benzene rings is 1. The number of ether oxygens (including phenoxy) is 1. The summed E-state index contributed by atoms with van der Waals surface area (Å²) in [5.74, 6) is -1.47. The summed E-state index contributed by atoms with van der Waals surface area (Å²) >= 11 is 2.50. The summed E-state index contributed by atoms with van der Waals surface area (Å²) in [5, 5.41) is 0.189. The fourth-order valence-corrected chi connectivity index (χ4v) is 4.46. The van der Waals surface area contributed by atoms with E-state index in [-0.39, 0.29) is 17.6 Å². The molecule has 0 aliphatic rings. The molecule has 9 nitrogen and oxygen atoms in total. The fourth-order valence-electron chi connectivity index (χ4n) is 2.32. The molecule has 2 amide bonds. The lowest BCUT2D eigenvalue weighted by molar-refractivity contribution is -0.135. The number of aromatic nitrogens is 1. The highest BCUT2D eigenvalue weighted by molar-refractivity contribution is 8.00. The predicted octanol–water partition coefficient (Wildman–Crippen LogP) is 2.10. The van der Waals surface area contributed by atoms with Crippen LogP contribution < -0.4 is 20.1 Å². The minimum atomic E-state index is -3.43. The molecule has 0 fully saturated rings. The van der Waals surface area contributed by atoms with Crippen LogP contribution in [0.4, 0.5) is 10.8 Å². The molecule has 12 heteroatoms. The number of sulfonamides is 1. The first-order chi connectivity index (χ1) is 14.0. The molecule has 0 aliphatic carbocycles. The maximum atomic E-state index is 12.7. The average molecular weight is 473 g/mol. The molecule has 0 aliphatic heterocycles. The van der Waals surface area contributed by atoms with Gasteiger partial charge in [-0.25, -0.2) is 23.0 Å². The number of nitrogens with one attached hydrogen (secondary N) is 1. The van der Waals surface area contributed by atoms with E-state index in [9.17, 15) is 18.0 Å². The Morgan fingerprint density at radius 1 is 1.33 bits per heavy atom. The number of thiazole rings is 1. The largest absolute Gasteiger partial charge is 0.491 e. The monoisotopic (exact) mass is 472 g/mol. The van der Waals surface area contributed by atoms with Gasteiger partial charge in [-0.05, 0) is 24.3 Å². The van der Waals surface area contributed by atoms with E-state index >= 15 is 0 Å². The summed E-state index contributed by atoms with van der Waals surface area (Å²) in [7, 11) is -3.43. The molecule has 164 valence electrons. The summed E-state index contributed by atoms with van der Waals surface area (Å²) in [6.07, 6.45) is 2.85. The number of amides is 2. The Bertz CT molecular complexity index is 1020. The topological polar surface area (TPSA) is 132 Å². The van der Waals surface area contributed by atoms with Gasteiger partial charge in [-0.15, -0.1) is 11.8 Å². The van der Waals surface area contributed by atoms with Crippen molar-refractivity contribution in [1.29, 1.82) is 0 Å². The number of rotatable bonds is 9. The van der Waals surface area contributed by atoms with Gasteiger partial charge in [-0.2, -0.15) is 0 Å². The first-order valence-corrected chi connectivity index (χ1v) is 12.8. The smallest absolute Gasteiger partial charge is 0.322 e. The first-order valence-electron chi connectivity index (χ1n) is 8.87. The Hall–Kier alpha value is -2.15. The van der Waals surface area contributed by atoms with Gasteiger partial charge in [0.1, 0.15) is 5.75 Å². The molecule has 0 atom stereocenters. The van der Waals surface area contributed by atoms with Gasteiger partial charge >= 0.3 is 11.8 Å². The van der Waals surface area contributed by atoms with Crippen molar-refractivity contribution in [2.45, 2.75) is 24.6 Å². The fraction of sp³-hybridized carbons (Fsp3) is 0.389. The number of para-hydroxylation sites is 2. The predicted molar refractivity (Wildman–Crippen MR) is 119 cm³/mol. The van der Waals surface area contributed by atoms with Crippen molar-refractivity contribution in [3.05, 3.63) is 30.0 Å². The molecule has 30 heavy (non-hydrogen) atoms. The third kappa shape index (κ3) is 6.42. The summed E-state index contributed by atoms with van der Waals surface area (Å²) in [6, 6.07) is 6.77. The molecule has 1 aromatic heterocycles. The second-order valence-corrected chi connectivity index (χ2v) is 10.6. The molecule has 2 aromatic rings. The normalized spacial score (nSPS) is 11.5. The van der Waals surface area contributed by atoms with E-state index in [1.807, 2.05) is 13.8 Å². The molecule has 0 unspecified atom stereocenters. The Labute approximate surface area is 184 Å². The molecule has 0 saturated heterocycles. The molecule has 2 rings (SSSR count). The van der Waals surface area contributed by atoms with Crippen LogP contribution in [-0.2, 0) is 26.2 Å². The second-order valence-electron chi connectivity index (χ2n) is 6.71. The van der Waals surface area contributed by atoms with Crippen LogP contribution in [0, 0.1) is 5.92 Å². The van der Waals surface area contributed by atoms with E-state index in [2.05, 4.69) is 9.71 Å². The van der Waals surface area contributed by atoms with Crippen LogP contribution in [0.5, 0.6) is 5.75 Å². The lowest BCUT2D eigenvalue weighted by Crippen LogP contribution is -2.37. The maximum Gasteiger partial charge on any atom is 0.322 e. The highest BCUT2D eigenvalue weighted by Gasteiger charge is 2.29. The standard InChI is InChI=1S/C18H24N4O5S3/c1-11(2)10-27-14-8-6-5-7-13(14)22(16(24)15(19)23)18-21-12(17(28-3)29-18)9-20-30(4,25)26/h5-8,11,20H,9-10H2,1-4H3,(H2,19,23). The molecular formula is C18H24N4O5S3. The average Bonchev–Trinajstić information content (AvgIpc) is 3.08. The highest BCUT2D eigenvalue weighted by Crippen LogP contribution is 2.40. The van der Waals surface area contributed by atoms with Crippen molar-refractivity contribution in [1.82, 2.24) is 9.71 Å². The number of thioether (sulfide) groups is 1. The van der Waals surface area contributed by atoms with E-state index in [4.69, 9.17) is 10.5 Å². The molecular weight excluding hydrogens is 448 g/mol. The van der Waals surface area contributed by atoms with E-state index in [1.54, 1.807) is 30.5 Å². The van der Waals surface area contributed by atoms with E-state index in [0.29, 0.717) is 27.9 Å². The highest BCUT2D eigenvalue weighted by atomic mass is 32.2. The van der Waals surface area contributed by atoms with Gasteiger partial charge in [0.05, 0.1) is 35.0 Å². The maximum absolute atomic E-state index is 12.7. The van der Waals surface area contributed by atoms with Crippen LogP contribution >= 0.6 is 23.1 Å². The number of anilines is 2. The van der Waals surface area contributed by atoms with Crippen molar-refractivity contribution < 1.29 is 22.7 Å². The third-order valence-corrected chi connectivity index (χ3v) is 6.52. The number of hydrogen-bond donors (Lipinski definition) is 2. The van der Waals surface area contributed by atoms with Crippen LogP contribution in [0.25, 0.3) is 0 Å². The molecule has 1 aromatic carbocycles. The van der Waals surface area contributed by atoms with Crippen molar-refractivity contribution >= 4 is 55.8 Å². The van der Waals surface area contributed by atoms with E-state index < -0.39 is 21.8 Å². The first kappa shape index (κ1) is 24.1. The van der Waals surface area contributed by atoms with Gasteiger partial charge in [0.2, 0.25) is 10.0 Å². The lowest BCUT2D eigenvalue weighted by Gasteiger charge is -2.22. The van der Waals surface area contributed by atoms with Crippen molar-refractivity contribution in [3.63, 3.8) is 0 Å². The van der Waals surface area contributed by atoms with Crippen LogP contribution in [0.15, 0.2) is 28.5 Å². The SMILES string of the molecule is CSc1sc(N(C(=O)C(N)=O)c2ccccc2OCC(C)C)nc1CNS(C)(=O)=O. The van der Waals surface area contributed by atoms with E-state index in [1.165, 1.54) is 11.8 Å². The summed E-state index contributed by atoms with van der Waals surface area (Å²) < 4.78 is 31.8. The number of nitrogens with zero attached hydrogens (tertiary/aromatic N) is 2. The van der Waals surface area contributed by atoms with Crippen molar-refractivity contribution in [2.75, 3.05) is 24.0 Å². The minimum absolute atomic E-state index is 0.0460. The molecule has 1 heterocycles. The van der Waals surface area contributed by atoms with Gasteiger partial charge in [0, 0.05) is 0 Å². The summed E-state index contributed by atoms with van der Waals surface area (Å²) in [4.78, 5) is 30.0. The lowest BCUT2D eigenvalue weighted by atomic mass is 10.2. The van der Waals surface area contributed by atoms with E-state index in [0.717, 1.165) is 22.5 Å². The van der Waals surface area contributed by atoms with Gasteiger partial charge in [0.25, 0.3) is 0 Å². The zero-order valence-electron chi connectivity index (χ0n) is 17.0. The van der Waals surface area contributed by atoms with Crippen molar-refractivity contribution in [2.24, 2.45) is 11.7 Å². The van der Waals surface area contributed by atoms with Crippen LogP contribution in [0.3, 0.4) is 0 Å². The number of primary amides is 1. The Balaban J connectivity index is 2.53. The van der Waals surface area contributed by atoms with Gasteiger partial charge in [-0.1, -0.05) is 37.3 Å². The van der Waals surface area contributed by atoms with Crippen LogP contribution in [-0.4, -0.2) is 44.3 Å². The number of carbonyl (C=O) groups excluding carboxylic acids is 2. The second kappa shape index (κ2) is 10.2. The Morgan fingerprint density at radius 2 is 2.00 bits per heavy atom. The van der Waals surface area contributed by atoms with Gasteiger partial charge in [-0.3, -0.25) is 9.59 Å². The molecule has 0 radical (unpaired) electrons. The molecule has 0 bridgehead atoms. The zero-order valence-corrected chi connectivity index (χ0v) is 19.5. The zero-order chi connectivity index (χ0) is 22.5. The van der Waals surface area contributed by atoms with Gasteiger partial charge in [0.15, 0.2) is 5.13 Å². The Morgan fingerprint density at radius 3 is 2.57 bits per heavy atom. The molecule has 3 N–H and O–H groups in total. The minimum Gasteiger partial charge on any atom is -0.491 e. The molecule has 0 spiro atoms. The quantitative estimate of drug-likeness (QED) is 0.422. The molecule has 0 saturated carbocycles. The van der Waals surface area contributed by atoms with Crippen molar-refractivity contribution in [3.8, 4) is 5.75 Å². The number of hydrogen-bond acceptors (Lipinski definition) is 8. The third-order valence-electron chi connectivity index (χ3n) is 3.62. The summed E-state index contributed by atoms with van der Waals surface area (Å²) in [6.45, 7) is 4.34. The number of carbonyl (C=O) groups is 2. The Kier molecular flexibility index (Phi) is 8.24.